The molecular weight excluding hydrogens is 260 g/mol. The van der Waals surface area contributed by atoms with Gasteiger partial charge >= 0.3 is 0 Å². The van der Waals surface area contributed by atoms with Crippen LogP contribution in [-0.4, -0.2) is 11.2 Å². The molecule has 1 aromatic heterocycles. The zero-order valence-corrected chi connectivity index (χ0v) is 11.5. The molecule has 2 nitrogen and oxygen atoms in total. The summed E-state index contributed by atoms with van der Waals surface area (Å²) in [6.45, 7) is 0. The van der Waals surface area contributed by atoms with Crippen LogP contribution in [0.4, 0.5) is 10.8 Å². The number of thiazole rings is 1. The number of nitrogens with zero attached hydrogens (tertiary/aromatic N) is 1. The van der Waals surface area contributed by atoms with Crippen molar-refractivity contribution in [2.75, 3.05) is 11.6 Å². The van der Waals surface area contributed by atoms with Gasteiger partial charge in [0.25, 0.3) is 0 Å². The number of aromatic nitrogens is 1. The summed E-state index contributed by atoms with van der Waals surface area (Å²) in [5.74, 6) is 0. The summed E-state index contributed by atoms with van der Waals surface area (Å²) in [4.78, 5) is 5.82. The standard InChI is InChI=1S/C14H12N2S2/c1-17-11-6-4-5-10(9-11)15-14-16-12-7-2-3-8-13(12)18-14/h2-9H,1H3,(H,15,16). The number of para-hydroxylation sites is 1. The van der Waals surface area contributed by atoms with Gasteiger partial charge in [0.2, 0.25) is 0 Å². The number of thioether (sulfide) groups is 1. The van der Waals surface area contributed by atoms with Crippen LogP contribution >= 0.6 is 23.1 Å². The van der Waals surface area contributed by atoms with Crippen LogP contribution in [-0.2, 0) is 0 Å². The first-order chi connectivity index (χ1) is 8.85. The topological polar surface area (TPSA) is 24.9 Å². The number of hydrogen-bond donors (Lipinski definition) is 1. The summed E-state index contributed by atoms with van der Waals surface area (Å²) >= 11 is 3.42. The fourth-order valence-electron chi connectivity index (χ4n) is 1.75. The maximum Gasteiger partial charge on any atom is 0.188 e. The normalized spacial score (nSPS) is 10.7. The highest BCUT2D eigenvalue weighted by Crippen LogP contribution is 2.29. The van der Waals surface area contributed by atoms with Gasteiger partial charge in [-0.1, -0.05) is 29.5 Å². The molecule has 0 saturated carbocycles. The van der Waals surface area contributed by atoms with Gasteiger partial charge < -0.3 is 5.32 Å². The molecule has 0 atom stereocenters. The van der Waals surface area contributed by atoms with Crippen LogP contribution in [0.3, 0.4) is 0 Å². The Morgan fingerprint density at radius 1 is 1.11 bits per heavy atom. The first-order valence-electron chi connectivity index (χ1n) is 5.62. The van der Waals surface area contributed by atoms with Crippen LogP contribution in [0.15, 0.2) is 53.4 Å². The van der Waals surface area contributed by atoms with Gasteiger partial charge in [-0.25, -0.2) is 4.98 Å². The van der Waals surface area contributed by atoms with Crippen LogP contribution in [0.25, 0.3) is 10.2 Å². The third-order valence-electron chi connectivity index (χ3n) is 2.61. The van der Waals surface area contributed by atoms with Crippen molar-refractivity contribution in [3.8, 4) is 0 Å². The molecule has 0 aliphatic carbocycles. The second-order valence-electron chi connectivity index (χ2n) is 3.84. The van der Waals surface area contributed by atoms with Crippen molar-refractivity contribution in [3.63, 3.8) is 0 Å². The quantitative estimate of drug-likeness (QED) is 0.696. The van der Waals surface area contributed by atoms with Gasteiger partial charge in [-0.15, -0.1) is 11.8 Å². The lowest BCUT2D eigenvalue weighted by Gasteiger charge is -2.03. The molecule has 0 amide bonds. The van der Waals surface area contributed by atoms with E-state index >= 15 is 0 Å². The Bertz CT molecular complexity index is 643. The Balaban J connectivity index is 1.91. The summed E-state index contributed by atoms with van der Waals surface area (Å²) in [5.41, 5.74) is 2.13. The van der Waals surface area contributed by atoms with Crippen molar-refractivity contribution in [1.82, 2.24) is 4.98 Å². The highest BCUT2D eigenvalue weighted by atomic mass is 32.2. The zero-order chi connectivity index (χ0) is 12.4. The van der Waals surface area contributed by atoms with Gasteiger partial charge in [-0.05, 0) is 36.6 Å². The Hall–Kier alpha value is -1.52. The van der Waals surface area contributed by atoms with E-state index in [1.165, 1.54) is 9.60 Å². The number of anilines is 2. The van der Waals surface area contributed by atoms with Crippen molar-refractivity contribution >= 4 is 44.1 Å². The highest BCUT2D eigenvalue weighted by Gasteiger charge is 2.03. The molecule has 0 radical (unpaired) electrons. The molecule has 90 valence electrons. The van der Waals surface area contributed by atoms with E-state index in [9.17, 15) is 0 Å². The lowest BCUT2D eigenvalue weighted by Crippen LogP contribution is -1.88. The fraction of sp³-hybridized carbons (Fsp3) is 0.0714. The Morgan fingerprint density at radius 2 is 2.00 bits per heavy atom. The number of rotatable bonds is 3. The van der Waals surface area contributed by atoms with E-state index in [0.717, 1.165) is 16.3 Å². The summed E-state index contributed by atoms with van der Waals surface area (Å²) < 4.78 is 1.21. The van der Waals surface area contributed by atoms with Gasteiger partial charge in [0.15, 0.2) is 5.13 Å². The molecule has 4 heteroatoms. The maximum atomic E-state index is 4.56. The molecule has 0 aliphatic heterocycles. The van der Waals surface area contributed by atoms with Gasteiger partial charge in [-0.3, -0.25) is 0 Å². The molecule has 0 unspecified atom stereocenters. The molecule has 0 saturated heterocycles. The molecule has 3 aromatic rings. The first kappa shape index (κ1) is 11.6. The zero-order valence-electron chi connectivity index (χ0n) is 9.88. The predicted molar refractivity (Wildman–Crippen MR) is 81.1 cm³/mol. The largest absolute Gasteiger partial charge is 0.331 e. The van der Waals surface area contributed by atoms with Crippen LogP contribution in [0.5, 0.6) is 0 Å². The molecule has 2 aromatic carbocycles. The van der Waals surface area contributed by atoms with E-state index < -0.39 is 0 Å². The highest BCUT2D eigenvalue weighted by molar-refractivity contribution is 7.98. The smallest absolute Gasteiger partial charge is 0.188 e. The fourth-order valence-corrected chi connectivity index (χ4v) is 3.10. The Morgan fingerprint density at radius 3 is 2.83 bits per heavy atom. The van der Waals surface area contributed by atoms with Gasteiger partial charge in [-0.2, -0.15) is 0 Å². The van der Waals surface area contributed by atoms with E-state index in [1.54, 1.807) is 23.1 Å². The molecule has 0 fully saturated rings. The first-order valence-corrected chi connectivity index (χ1v) is 7.66. The third-order valence-corrected chi connectivity index (χ3v) is 4.29. The van der Waals surface area contributed by atoms with Gasteiger partial charge in [0.1, 0.15) is 0 Å². The van der Waals surface area contributed by atoms with Crippen molar-refractivity contribution in [1.29, 1.82) is 0 Å². The van der Waals surface area contributed by atoms with Crippen LogP contribution in [0.1, 0.15) is 0 Å². The Kier molecular flexibility index (Phi) is 3.21. The SMILES string of the molecule is CSc1cccc(Nc2nc3ccccc3s2)c1. The average molecular weight is 272 g/mol. The van der Waals surface area contributed by atoms with Crippen molar-refractivity contribution in [2.45, 2.75) is 4.90 Å². The number of nitrogens with one attached hydrogen (secondary N) is 1. The molecule has 3 rings (SSSR count). The maximum absolute atomic E-state index is 4.56. The van der Waals surface area contributed by atoms with E-state index in [-0.39, 0.29) is 0 Å². The minimum absolute atomic E-state index is 0.939. The molecule has 1 heterocycles. The van der Waals surface area contributed by atoms with E-state index in [2.05, 4.69) is 46.9 Å². The van der Waals surface area contributed by atoms with Crippen molar-refractivity contribution in [2.24, 2.45) is 0 Å². The molecule has 0 spiro atoms. The second kappa shape index (κ2) is 5.00. The summed E-state index contributed by atoms with van der Waals surface area (Å²) in [6, 6.07) is 16.5. The number of benzene rings is 2. The van der Waals surface area contributed by atoms with Crippen molar-refractivity contribution in [3.05, 3.63) is 48.5 Å². The molecule has 18 heavy (non-hydrogen) atoms. The van der Waals surface area contributed by atoms with Gasteiger partial charge in [0.05, 0.1) is 10.2 Å². The number of hydrogen-bond acceptors (Lipinski definition) is 4. The minimum atomic E-state index is 0.939. The summed E-state index contributed by atoms with van der Waals surface area (Å²) in [6.07, 6.45) is 2.08. The van der Waals surface area contributed by atoms with E-state index in [4.69, 9.17) is 0 Å². The van der Waals surface area contributed by atoms with Gasteiger partial charge in [0, 0.05) is 10.6 Å². The molecular formula is C14H12N2S2. The Labute approximate surface area is 114 Å². The van der Waals surface area contributed by atoms with Crippen LogP contribution in [0, 0.1) is 0 Å². The molecule has 0 bridgehead atoms. The second-order valence-corrected chi connectivity index (χ2v) is 5.75. The summed E-state index contributed by atoms with van der Waals surface area (Å²) in [7, 11) is 0. The molecule has 0 aliphatic rings. The third kappa shape index (κ3) is 2.35. The van der Waals surface area contributed by atoms with E-state index in [0.29, 0.717) is 0 Å². The lowest BCUT2D eigenvalue weighted by atomic mass is 10.3. The average Bonchev–Trinajstić information content (AvgIpc) is 2.81. The van der Waals surface area contributed by atoms with Crippen LogP contribution < -0.4 is 5.32 Å². The number of fused-ring (bicyclic) bond motifs is 1. The molecule has 1 N–H and O–H groups in total. The monoisotopic (exact) mass is 272 g/mol. The minimum Gasteiger partial charge on any atom is -0.331 e. The van der Waals surface area contributed by atoms with Crippen LogP contribution in [0.2, 0.25) is 0 Å². The van der Waals surface area contributed by atoms with Crippen molar-refractivity contribution < 1.29 is 0 Å². The lowest BCUT2D eigenvalue weighted by molar-refractivity contribution is 1.40. The predicted octanol–water partition coefficient (Wildman–Crippen LogP) is 4.76. The van der Waals surface area contributed by atoms with E-state index in [1.807, 2.05) is 18.2 Å². The summed E-state index contributed by atoms with van der Waals surface area (Å²) in [5, 5.41) is 4.30.